The van der Waals surface area contributed by atoms with Gasteiger partial charge in [-0.3, -0.25) is 9.20 Å². The Balaban J connectivity index is 2.15. The van der Waals surface area contributed by atoms with Crippen molar-refractivity contribution < 1.29 is 4.79 Å². The van der Waals surface area contributed by atoms with Gasteiger partial charge in [-0.2, -0.15) is 0 Å². The number of nitrogen functional groups attached to an aromatic ring is 1. The molecule has 0 saturated carbocycles. The molecule has 4 aromatic rings. The van der Waals surface area contributed by atoms with Crippen LogP contribution in [0.15, 0.2) is 54.7 Å². The van der Waals surface area contributed by atoms with Crippen LogP contribution in [0.4, 0.5) is 5.82 Å². The summed E-state index contributed by atoms with van der Waals surface area (Å²) >= 11 is 0. The lowest BCUT2D eigenvalue weighted by atomic mass is 10.0. The maximum atomic E-state index is 12.1. The summed E-state index contributed by atoms with van der Waals surface area (Å²) in [4.78, 5) is 16.9. The molecule has 4 nitrogen and oxygen atoms in total. The van der Waals surface area contributed by atoms with E-state index in [0.717, 1.165) is 33.2 Å². The molecule has 0 amide bonds. The number of hydrogen-bond acceptors (Lipinski definition) is 3. The first-order valence-corrected chi connectivity index (χ1v) is 7.84. The minimum atomic E-state index is 0.0126. The van der Waals surface area contributed by atoms with Crippen molar-refractivity contribution in [2.24, 2.45) is 0 Å². The standard InChI is InChI=1S/C20H17N3O/c1-12-7-3-4-8-14(12)18-19(21)23-11-17(13(2)24)15-9-5-6-10-16(15)20(23)22-18/h3-11H,21H2,1-2H3. The van der Waals surface area contributed by atoms with Gasteiger partial charge in [0.25, 0.3) is 0 Å². The minimum Gasteiger partial charge on any atom is -0.383 e. The molecular formula is C20H17N3O. The molecule has 2 heterocycles. The van der Waals surface area contributed by atoms with Gasteiger partial charge in [-0.1, -0.05) is 48.5 Å². The fourth-order valence-electron chi connectivity index (χ4n) is 3.19. The summed E-state index contributed by atoms with van der Waals surface area (Å²) in [6.07, 6.45) is 1.80. The summed E-state index contributed by atoms with van der Waals surface area (Å²) in [5, 5.41) is 1.83. The molecular weight excluding hydrogens is 298 g/mol. The Labute approximate surface area is 139 Å². The first kappa shape index (κ1) is 14.5. The normalized spacial score (nSPS) is 11.2. The third kappa shape index (κ3) is 2.00. The number of benzene rings is 2. The third-order valence-electron chi connectivity index (χ3n) is 4.44. The van der Waals surface area contributed by atoms with Gasteiger partial charge in [0.05, 0.1) is 0 Å². The van der Waals surface area contributed by atoms with Gasteiger partial charge >= 0.3 is 0 Å². The van der Waals surface area contributed by atoms with Crippen LogP contribution < -0.4 is 5.73 Å². The molecule has 4 heteroatoms. The predicted octanol–water partition coefficient (Wildman–Crippen LogP) is 4.25. The average molecular weight is 315 g/mol. The number of pyridine rings is 1. The Morgan fingerprint density at radius 1 is 1.04 bits per heavy atom. The van der Waals surface area contributed by atoms with Gasteiger partial charge in [-0.25, -0.2) is 4.98 Å². The van der Waals surface area contributed by atoms with Crippen LogP contribution in [-0.2, 0) is 0 Å². The number of imidazole rings is 1. The zero-order chi connectivity index (χ0) is 16.8. The quantitative estimate of drug-likeness (QED) is 0.563. The van der Waals surface area contributed by atoms with E-state index in [1.165, 1.54) is 0 Å². The van der Waals surface area contributed by atoms with Crippen molar-refractivity contribution in [3.05, 3.63) is 65.9 Å². The summed E-state index contributed by atoms with van der Waals surface area (Å²) in [6, 6.07) is 15.8. The number of Topliss-reactive ketones (excluding diaryl/α,β-unsaturated/α-hetero) is 1. The highest BCUT2D eigenvalue weighted by atomic mass is 16.1. The van der Waals surface area contributed by atoms with Crippen LogP contribution >= 0.6 is 0 Å². The summed E-state index contributed by atoms with van der Waals surface area (Å²) in [7, 11) is 0. The number of rotatable bonds is 2. The maximum Gasteiger partial charge on any atom is 0.161 e. The van der Waals surface area contributed by atoms with Gasteiger partial charge in [0.1, 0.15) is 17.2 Å². The molecule has 0 aliphatic rings. The van der Waals surface area contributed by atoms with E-state index >= 15 is 0 Å². The summed E-state index contributed by atoms with van der Waals surface area (Å²) < 4.78 is 1.82. The summed E-state index contributed by atoms with van der Waals surface area (Å²) in [5.74, 6) is 0.561. The Morgan fingerprint density at radius 3 is 2.42 bits per heavy atom. The Hall–Kier alpha value is -3.14. The lowest BCUT2D eigenvalue weighted by Gasteiger charge is -2.07. The fraction of sp³-hybridized carbons (Fsp3) is 0.100. The molecule has 0 atom stereocenters. The number of aromatic nitrogens is 2. The number of fused-ring (bicyclic) bond motifs is 3. The molecule has 0 bridgehead atoms. The first-order valence-electron chi connectivity index (χ1n) is 7.84. The van der Waals surface area contributed by atoms with E-state index in [0.29, 0.717) is 11.4 Å². The monoisotopic (exact) mass is 315 g/mol. The zero-order valence-electron chi connectivity index (χ0n) is 13.6. The average Bonchev–Trinajstić information content (AvgIpc) is 2.91. The molecule has 2 N–H and O–H groups in total. The Kier molecular flexibility index (Phi) is 3.13. The molecule has 4 rings (SSSR count). The zero-order valence-corrected chi connectivity index (χ0v) is 13.6. The second-order valence-electron chi connectivity index (χ2n) is 6.00. The van der Waals surface area contributed by atoms with Crippen molar-refractivity contribution in [2.75, 3.05) is 5.73 Å². The van der Waals surface area contributed by atoms with Gasteiger partial charge in [0, 0.05) is 22.7 Å². The van der Waals surface area contributed by atoms with E-state index in [1.54, 1.807) is 13.1 Å². The molecule has 0 saturated heterocycles. The highest BCUT2D eigenvalue weighted by molar-refractivity contribution is 6.10. The lowest BCUT2D eigenvalue weighted by molar-refractivity contribution is 0.101. The van der Waals surface area contributed by atoms with Gasteiger partial charge in [-0.15, -0.1) is 0 Å². The van der Waals surface area contributed by atoms with Crippen molar-refractivity contribution in [3.8, 4) is 11.3 Å². The van der Waals surface area contributed by atoms with E-state index in [4.69, 9.17) is 10.7 Å². The molecule has 0 spiro atoms. The first-order chi connectivity index (χ1) is 11.6. The maximum absolute atomic E-state index is 12.1. The van der Waals surface area contributed by atoms with Crippen LogP contribution in [-0.4, -0.2) is 15.2 Å². The molecule has 0 fully saturated rings. The van der Waals surface area contributed by atoms with Crippen LogP contribution in [0, 0.1) is 6.92 Å². The minimum absolute atomic E-state index is 0.0126. The van der Waals surface area contributed by atoms with E-state index in [2.05, 4.69) is 0 Å². The van der Waals surface area contributed by atoms with Crippen molar-refractivity contribution in [1.82, 2.24) is 9.38 Å². The number of aryl methyl sites for hydroxylation is 1. The molecule has 0 unspecified atom stereocenters. The second kappa shape index (κ2) is 5.20. The highest BCUT2D eigenvalue weighted by Crippen LogP contribution is 2.33. The number of nitrogens with zero attached hydrogens (tertiary/aromatic N) is 2. The second-order valence-corrected chi connectivity index (χ2v) is 6.00. The van der Waals surface area contributed by atoms with Crippen LogP contribution in [0.5, 0.6) is 0 Å². The Bertz CT molecular complexity index is 1110. The molecule has 0 radical (unpaired) electrons. The topological polar surface area (TPSA) is 60.4 Å². The van der Waals surface area contributed by atoms with Crippen molar-refractivity contribution >= 4 is 28.0 Å². The van der Waals surface area contributed by atoms with E-state index < -0.39 is 0 Å². The van der Waals surface area contributed by atoms with Crippen LogP contribution in [0.2, 0.25) is 0 Å². The van der Waals surface area contributed by atoms with Gasteiger partial charge < -0.3 is 5.73 Å². The molecule has 0 aliphatic carbocycles. The number of ketones is 1. The van der Waals surface area contributed by atoms with Crippen molar-refractivity contribution in [3.63, 3.8) is 0 Å². The van der Waals surface area contributed by atoms with E-state index in [1.807, 2.05) is 59.9 Å². The smallest absolute Gasteiger partial charge is 0.161 e. The number of carbonyl (C=O) groups is 1. The van der Waals surface area contributed by atoms with Gasteiger partial charge in [0.2, 0.25) is 0 Å². The molecule has 2 aromatic carbocycles. The molecule has 118 valence electrons. The SMILES string of the molecule is CC(=O)c1cn2c(N)c(-c3ccccc3C)nc2c2ccccc12. The van der Waals surface area contributed by atoms with E-state index in [-0.39, 0.29) is 5.78 Å². The highest BCUT2D eigenvalue weighted by Gasteiger charge is 2.17. The van der Waals surface area contributed by atoms with Crippen LogP contribution in [0.1, 0.15) is 22.8 Å². The number of hydrogen-bond donors (Lipinski definition) is 1. The molecule has 2 aromatic heterocycles. The van der Waals surface area contributed by atoms with Crippen LogP contribution in [0.25, 0.3) is 27.7 Å². The number of anilines is 1. The third-order valence-corrected chi connectivity index (χ3v) is 4.44. The Morgan fingerprint density at radius 2 is 1.71 bits per heavy atom. The lowest BCUT2D eigenvalue weighted by Crippen LogP contribution is -2.01. The predicted molar refractivity (Wildman–Crippen MR) is 97.3 cm³/mol. The van der Waals surface area contributed by atoms with Crippen molar-refractivity contribution in [2.45, 2.75) is 13.8 Å². The van der Waals surface area contributed by atoms with Crippen molar-refractivity contribution in [1.29, 1.82) is 0 Å². The largest absolute Gasteiger partial charge is 0.383 e. The van der Waals surface area contributed by atoms with Gasteiger partial charge in [-0.05, 0) is 24.8 Å². The van der Waals surface area contributed by atoms with Gasteiger partial charge in [0.15, 0.2) is 5.78 Å². The molecule has 24 heavy (non-hydrogen) atoms. The fourth-order valence-corrected chi connectivity index (χ4v) is 3.19. The van der Waals surface area contributed by atoms with E-state index in [9.17, 15) is 4.79 Å². The van der Waals surface area contributed by atoms with Crippen LogP contribution in [0.3, 0.4) is 0 Å². The molecule has 0 aliphatic heterocycles. The summed E-state index contributed by atoms with van der Waals surface area (Å²) in [5.41, 5.74) is 10.7. The number of nitrogens with two attached hydrogens (primary N) is 1. The number of carbonyl (C=O) groups excluding carboxylic acids is 1. The summed E-state index contributed by atoms with van der Waals surface area (Å²) in [6.45, 7) is 3.61.